The number of hydrogen-bond acceptors (Lipinski definition) is 2. The molecule has 0 atom stereocenters. The molecule has 0 saturated carbocycles. The Labute approximate surface area is 74.6 Å². The summed E-state index contributed by atoms with van der Waals surface area (Å²) in [6.45, 7) is 0. The zero-order valence-corrected chi connectivity index (χ0v) is 6.90. The van der Waals surface area contributed by atoms with Crippen molar-refractivity contribution in [3.63, 3.8) is 0 Å². The minimum absolute atomic E-state index is 0.207. The van der Waals surface area contributed by atoms with Crippen LogP contribution in [0.5, 0.6) is 0 Å². The van der Waals surface area contributed by atoms with E-state index in [1.807, 2.05) is 0 Å². The van der Waals surface area contributed by atoms with Gasteiger partial charge in [-0.25, -0.2) is 9.37 Å². The first-order chi connectivity index (χ1) is 5.74. The Morgan fingerprint density at radius 2 is 2.42 bits per heavy atom. The smallest absolute Gasteiger partial charge is 0.143 e. The fraction of sp³-hybridized carbons (Fsp3) is 0.125. The van der Waals surface area contributed by atoms with Crippen LogP contribution in [-0.4, -0.2) is 10.9 Å². The highest BCUT2D eigenvalue weighted by atomic mass is 35.5. The van der Waals surface area contributed by atoms with E-state index < -0.39 is 5.82 Å². The maximum atomic E-state index is 12.5. The third-order valence-electron chi connectivity index (χ3n) is 1.16. The van der Waals surface area contributed by atoms with Gasteiger partial charge in [0.25, 0.3) is 0 Å². The van der Waals surface area contributed by atoms with Gasteiger partial charge in [0.2, 0.25) is 0 Å². The molecule has 12 heavy (non-hydrogen) atoms. The molecule has 2 N–H and O–H groups in total. The number of nitrogen functional groups attached to an aromatic ring is 1. The second-order valence-electron chi connectivity index (χ2n) is 2.03. The average Bonchev–Trinajstić information content (AvgIpc) is 2.03. The molecular weight excluding hydrogens is 179 g/mol. The highest BCUT2D eigenvalue weighted by Gasteiger charge is 1.97. The lowest BCUT2D eigenvalue weighted by Crippen LogP contribution is -1.94. The molecule has 62 valence electrons. The summed E-state index contributed by atoms with van der Waals surface area (Å²) in [5, 5.41) is 0. The van der Waals surface area contributed by atoms with Gasteiger partial charge in [-0.05, 0) is 5.92 Å². The molecule has 0 aliphatic rings. The highest BCUT2D eigenvalue weighted by molar-refractivity contribution is 6.19. The van der Waals surface area contributed by atoms with E-state index in [-0.39, 0.29) is 11.6 Å². The lowest BCUT2D eigenvalue weighted by Gasteiger charge is -1.95. The maximum absolute atomic E-state index is 12.5. The van der Waals surface area contributed by atoms with Crippen molar-refractivity contribution in [1.29, 1.82) is 0 Å². The molecule has 0 aliphatic heterocycles. The number of aromatic nitrogens is 1. The molecule has 0 saturated heterocycles. The lowest BCUT2D eigenvalue weighted by molar-refractivity contribution is 0.622. The molecule has 2 nitrogen and oxygen atoms in total. The van der Waals surface area contributed by atoms with Gasteiger partial charge in [-0.2, -0.15) is 0 Å². The van der Waals surface area contributed by atoms with E-state index in [4.69, 9.17) is 17.3 Å². The van der Waals surface area contributed by atoms with Gasteiger partial charge in [-0.15, -0.1) is 11.6 Å². The third kappa shape index (κ3) is 2.11. The molecule has 4 heteroatoms. The summed E-state index contributed by atoms with van der Waals surface area (Å²) in [4.78, 5) is 3.68. The summed E-state index contributed by atoms with van der Waals surface area (Å²) in [5.74, 6) is 4.92. The summed E-state index contributed by atoms with van der Waals surface area (Å²) in [7, 11) is 0. The molecule has 1 heterocycles. The Morgan fingerprint density at radius 1 is 1.67 bits per heavy atom. The van der Waals surface area contributed by atoms with E-state index >= 15 is 0 Å². The quantitative estimate of drug-likeness (QED) is 0.489. The molecule has 1 aromatic heterocycles. The predicted molar refractivity (Wildman–Crippen MR) is 46.2 cm³/mol. The van der Waals surface area contributed by atoms with Crippen LogP contribution >= 0.6 is 11.6 Å². The minimum Gasteiger partial charge on any atom is -0.396 e. The lowest BCUT2D eigenvalue weighted by atomic mass is 10.3. The second-order valence-corrected chi connectivity index (χ2v) is 2.29. The van der Waals surface area contributed by atoms with E-state index in [1.54, 1.807) is 0 Å². The Bertz CT molecular complexity index is 341. The monoisotopic (exact) mass is 184 g/mol. The van der Waals surface area contributed by atoms with E-state index in [2.05, 4.69) is 16.8 Å². The molecule has 0 unspecified atom stereocenters. The van der Waals surface area contributed by atoms with Crippen molar-refractivity contribution < 1.29 is 4.39 Å². The van der Waals surface area contributed by atoms with Gasteiger partial charge in [0.15, 0.2) is 0 Å². The summed E-state index contributed by atoms with van der Waals surface area (Å²) >= 11 is 5.32. The number of halogens is 2. The van der Waals surface area contributed by atoms with E-state index in [1.165, 1.54) is 6.07 Å². The predicted octanol–water partition coefficient (Wildman–Crippen LogP) is 1.39. The molecule has 0 aromatic carbocycles. The molecule has 0 spiro atoms. The van der Waals surface area contributed by atoms with Gasteiger partial charge in [0, 0.05) is 6.07 Å². The zero-order chi connectivity index (χ0) is 8.97. The van der Waals surface area contributed by atoms with Crippen molar-refractivity contribution in [2.24, 2.45) is 0 Å². The average molecular weight is 185 g/mol. The van der Waals surface area contributed by atoms with E-state index in [0.717, 1.165) is 6.20 Å². The van der Waals surface area contributed by atoms with Crippen LogP contribution < -0.4 is 5.73 Å². The van der Waals surface area contributed by atoms with Crippen LogP contribution in [0.4, 0.5) is 10.1 Å². The fourth-order valence-electron chi connectivity index (χ4n) is 0.677. The van der Waals surface area contributed by atoms with Gasteiger partial charge in [0.05, 0.1) is 17.8 Å². The van der Waals surface area contributed by atoms with Gasteiger partial charge in [0.1, 0.15) is 11.5 Å². The number of anilines is 1. The van der Waals surface area contributed by atoms with E-state index in [0.29, 0.717) is 5.69 Å². The van der Waals surface area contributed by atoms with E-state index in [9.17, 15) is 4.39 Å². The Balaban J connectivity index is 3.01. The summed E-state index contributed by atoms with van der Waals surface area (Å²) in [5.41, 5.74) is 6.00. The Kier molecular flexibility index (Phi) is 2.89. The minimum atomic E-state index is -0.469. The van der Waals surface area contributed by atoms with Crippen LogP contribution in [0.2, 0.25) is 0 Å². The summed E-state index contributed by atoms with van der Waals surface area (Å²) in [6, 6.07) is 1.17. The summed E-state index contributed by atoms with van der Waals surface area (Å²) in [6.07, 6.45) is 1.06. The van der Waals surface area contributed by atoms with Crippen molar-refractivity contribution in [2.45, 2.75) is 0 Å². The van der Waals surface area contributed by atoms with Crippen LogP contribution in [-0.2, 0) is 0 Å². The topological polar surface area (TPSA) is 38.9 Å². The SMILES string of the molecule is Nc1cc(F)cnc1C#CCCl. The highest BCUT2D eigenvalue weighted by Crippen LogP contribution is 2.07. The number of pyridine rings is 1. The first-order valence-corrected chi connectivity index (χ1v) is 3.73. The van der Waals surface area contributed by atoms with Crippen molar-refractivity contribution in [1.82, 2.24) is 4.98 Å². The van der Waals surface area contributed by atoms with Crippen molar-refractivity contribution >= 4 is 17.3 Å². The number of alkyl halides is 1. The largest absolute Gasteiger partial charge is 0.396 e. The van der Waals surface area contributed by atoms with Gasteiger partial charge in [-0.1, -0.05) is 5.92 Å². The van der Waals surface area contributed by atoms with Crippen LogP contribution in [0, 0.1) is 17.7 Å². The van der Waals surface area contributed by atoms with Crippen molar-refractivity contribution in [3.05, 3.63) is 23.8 Å². The first kappa shape index (κ1) is 8.82. The molecule has 1 aromatic rings. The van der Waals surface area contributed by atoms with Crippen molar-refractivity contribution in [2.75, 3.05) is 11.6 Å². The Hall–Kier alpha value is -1.27. The normalized spacial score (nSPS) is 8.83. The van der Waals surface area contributed by atoms with Gasteiger partial charge >= 0.3 is 0 Å². The molecule has 0 bridgehead atoms. The number of nitrogens with zero attached hydrogens (tertiary/aromatic N) is 1. The van der Waals surface area contributed by atoms with Crippen LogP contribution in [0.15, 0.2) is 12.3 Å². The standard InChI is InChI=1S/C8H6ClFN2/c9-3-1-2-8-7(11)4-6(10)5-12-8/h4-5H,3,11H2. The van der Waals surface area contributed by atoms with Crippen molar-refractivity contribution in [3.8, 4) is 11.8 Å². The number of hydrogen-bond donors (Lipinski definition) is 1. The first-order valence-electron chi connectivity index (χ1n) is 3.20. The molecule has 0 aliphatic carbocycles. The van der Waals surface area contributed by atoms with Crippen LogP contribution in [0.3, 0.4) is 0 Å². The Morgan fingerprint density at radius 3 is 3.00 bits per heavy atom. The number of nitrogens with two attached hydrogens (primary N) is 1. The zero-order valence-electron chi connectivity index (χ0n) is 6.14. The molecule has 0 amide bonds. The molecule has 0 fully saturated rings. The van der Waals surface area contributed by atoms with Crippen LogP contribution in [0.1, 0.15) is 5.69 Å². The second kappa shape index (κ2) is 3.93. The molecule has 0 radical (unpaired) electrons. The third-order valence-corrected chi connectivity index (χ3v) is 1.29. The molecule has 1 rings (SSSR count). The van der Waals surface area contributed by atoms with Gasteiger partial charge < -0.3 is 5.73 Å². The summed E-state index contributed by atoms with van der Waals surface area (Å²) < 4.78 is 12.5. The van der Waals surface area contributed by atoms with Gasteiger partial charge in [-0.3, -0.25) is 0 Å². The fourth-order valence-corrected chi connectivity index (χ4v) is 0.743. The number of rotatable bonds is 0. The maximum Gasteiger partial charge on any atom is 0.143 e. The molecular formula is C8H6ClFN2. The van der Waals surface area contributed by atoms with Crippen LogP contribution in [0.25, 0.3) is 0 Å².